The van der Waals surface area contributed by atoms with Gasteiger partial charge < -0.3 is 15.0 Å². The number of nitrogens with one attached hydrogen (secondary N) is 1. The number of benzene rings is 2. The Morgan fingerprint density at radius 2 is 1.90 bits per heavy atom. The lowest BCUT2D eigenvalue weighted by Crippen LogP contribution is -2.35. The summed E-state index contributed by atoms with van der Waals surface area (Å²) in [6, 6.07) is 16.6. The molecular formula is C24H24N2O3S. The standard InChI is InChI=1S/C24H24N2O3S/c1-16(2)29-20-11-8-18(9-12-20)23(27)25-19-10-7-17-5-3-13-26(21(17)15-19)24(28)22-6-4-14-30-22/h4,6-12,14-16H,3,5,13H2,1-2H3,(H,25,27). The highest BCUT2D eigenvalue weighted by atomic mass is 32.1. The molecule has 0 saturated heterocycles. The lowest BCUT2D eigenvalue weighted by Gasteiger charge is -2.29. The fraction of sp³-hybridized carbons (Fsp3) is 0.250. The van der Waals surface area contributed by atoms with Gasteiger partial charge in [-0.3, -0.25) is 9.59 Å². The second kappa shape index (κ2) is 8.71. The summed E-state index contributed by atoms with van der Waals surface area (Å²) in [6.45, 7) is 4.60. The molecule has 0 aliphatic carbocycles. The number of rotatable bonds is 5. The first-order chi connectivity index (χ1) is 14.5. The summed E-state index contributed by atoms with van der Waals surface area (Å²) in [6.07, 6.45) is 1.94. The van der Waals surface area contributed by atoms with Crippen LogP contribution >= 0.6 is 11.3 Å². The summed E-state index contributed by atoms with van der Waals surface area (Å²) in [5.74, 6) is 0.547. The topological polar surface area (TPSA) is 58.6 Å². The van der Waals surface area contributed by atoms with Crippen LogP contribution in [0.5, 0.6) is 5.75 Å². The Morgan fingerprint density at radius 3 is 2.60 bits per heavy atom. The van der Waals surface area contributed by atoms with Crippen LogP contribution < -0.4 is 15.0 Å². The van der Waals surface area contributed by atoms with E-state index in [-0.39, 0.29) is 17.9 Å². The highest BCUT2D eigenvalue weighted by molar-refractivity contribution is 7.12. The van der Waals surface area contributed by atoms with E-state index in [1.54, 1.807) is 24.3 Å². The van der Waals surface area contributed by atoms with Gasteiger partial charge in [-0.25, -0.2) is 0 Å². The molecule has 5 nitrogen and oxygen atoms in total. The summed E-state index contributed by atoms with van der Waals surface area (Å²) in [4.78, 5) is 28.2. The second-order valence-electron chi connectivity index (χ2n) is 7.53. The molecule has 1 aliphatic heterocycles. The number of thiophene rings is 1. The molecule has 6 heteroatoms. The van der Waals surface area contributed by atoms with Crippen molar-refractivity contribution in [1.29, 1.82) is 0 Å². The molecule has 0 saturated carbocycles. The maximum Gasteiger partial charge on any atom is 0.268 e. The fourth-order valence-electron chi connectivity index (χ4n) is 3.56. The number of hydrogen-bond donors (Lipinski definition) is 1. The van der Waals surface area contributed by atoms with Gasteiger partial charge in [0.2, 0.25) is 0 Å². The van der Waals surface area contributed by atoms with E-state index in [0.29, 0.717) is 17.8 Å². The van der Waals surface area contributed by atoms with Crippen molar-refractivity contribution in [2.24, 2.45) is 0 Å². The van der Waals surface area contributed by atoms with E-state index in [4.69, 9.17) is 4.74 Å². The third-order valence-corrected chi connectivity index (χ3v) is 5.79. The first-order valence-corrected chi connectivity index (χ1v) is 11.0. The van der Waals surface area contributed by atoms with Gasteiger partial charge in [0.25, 0.3) is 11.8 Å². The Labute approximate surface area is 180 Å². The number of nitrogens with zero attached hydrogens (tertiary/aromatic N) is 1. The van der Waals surface area contributed by atoms with E-state index in [2.05, 4.69) is 5.32 Å². The van der Waals surface area contributed by atoms with Crippen molar-refractivity contribution in [3.63, 3.8) is 0 Å². The van der Waals surface area contributed by atoms with Crippen LogP contribution in [0.25, 0.3) is 0 Å². The van der Waals surface area contributed by atoms with Gasteiger partial charge in [-0.15, -0.1) is 11.3 Å². The molecule has 0 unspecified atom stereocenters. The van der Waals surface area contributed by atoms with Crippen LogP contribution in [0.2, 0.25) is 0 Å². The number of fused-ring (bicyclic) bond motifs is 1. The number of amides is 2. The van der Waals surface area contributed by atoms with Crippen molar-refractivity contribution in [2.45, 2.75) is 32.8 Å². The van der Waals surface area contributed by atoms with Gasteiger partial charge in [-0.2, -0.15) is 0 Å². The van der Waals surface area contributed by atoms with Crippen LogP contribution in [0.1, 0.15) is 45.9 Å². The maximum absolute atomic E-state index is 12.9. The predicted molar refractivity (Wildman–Crippen MR) is 121 cm³/mol. The zero-order valence-electron chi connectivity index (χ0n) is 17.1. The van der Waals surface area contributed by atoms with Crippen molar-refractivity contribution in [3.8, 4) is 5.75 Å². The minimum atomic E-state index is -0.196. The molecule has 3 aromatic rings. The van der Waals surface area contributed by atoms with Gasteiger partial charge in [0.1, 0.15) is 5.75 Å². The SMILES string of the molecule is CC(C)Oc1ccc(C(=O)Nc2ccc3c(c2)N(C(=O)c2cccs2)CCC3)cc1. The Bertz CT molecular complexity index is 1040. The molecule has 2 heterocycles. The molecule has 2 amide bonds. The van der Waals surface area contributed by atoms with Gasteiger partial charge >= 0.3 is 0 Å². The van der Waals surface area contributed by atoms with Crippen LogP contribution in [0, 0.1) is 0 Å². The average molecular weight is 421 g/mol. The predicted octanol–water partition coefficient (Wildman–Crippen LogP) is 5.38. The first-order valence-electron chi connectivity index (χ1n) is 10.1. The minimum absolute atomic E-state index is 0.00941. The van der Waals surface area contributed by atoms with E-state index < -0.39 is 0 Å². The minimum Gasteiger partial charge on any atom is -0.491 e. The quantitative estimate of drug-likeness (QED) is 0.603. The lowest BCUT2D eigenvalue weighted by molar-refractivity contribution is 0.0987. The van der Waals surface area contributed by atoms with E-state index in [1.165, 1.54) is 11.3 Å². The van der Waals surface area contributed by atoms with Gasteiger partial charge in [-0.1, -0.05) is 12.1 Å². The molecule has 1 aliphatic rings. The number of carbonyl (C=O) groups is 2. The van der Waals surface area contributed by atoms with Crippen LogP contribution in [-0.4, -0.2) is 24.5 Å². The zero-order valence-corrected chi connectivity index (χ0v) is 17.9. The lowest BCUT2D eigenvalue weighted by atomic mass is 10.0. The molecule has 4 rings (SSSR count). The molecular weight excluding hydrogens is 396 g/mol. The van der Waals surface area contributed by atoms with Crippen LogP contribution in [0.15, 0.2) is 60.0 Å². The van der Waals surface area contributed by atoms with E-state index >= 15 is 0 Å². The second-order valence-corrected chi connectivity index (χ2v) is 8.47. The molecule has 1 N–H and O–H groups in total. The van der Waals surface area contributed by atoms with Crippen LogP contribution in [0.3, 0.4) is 0 Å². The van der Waals surface area contributed by atoms with Crippen LogP contribution in [-0.2, 0) is 6.42 Å². The van der Waals surface area contributed by atoms with Crippen molar-refractivity contribution in [3.05, 3.63) is 76.0 Å². The number of ether oxygens (including phenoxy) is 1. The molecule has 0 spiro atoms. The number of aryl methyl sites for hydroxylation is 1. The van der Waals surface area contributed by atoms with Crippen molar-refractivity contribution in [1.82, 2.24) is 0 Å². The summed E-state index contributed by atoms with van der Waals surface area (Å²) in [5, 5.41) is 4.86. The highest BCUT2D eigenvalue weighted by Crippen LogP contribution is 2.32. The van der Waals surface area contributed by atoms with Gasteiger partial charge in [0, 0.05) is 23.5 Å². The fourth-order valence-corrected chi connectivity index (χ4v) is 4.23. The Morgan fingerprint density at radius 1 is 1.10 bits per heavy atom. The normalized spacial score (nSPS) is 13.1. The molecule has 0 fully saturated rings. The van der Waals surface area contributed by atoms with Gasteiger partial charge in [0.05, 0.1) is 11.0 Å². The first kappa shape index (κ1) is 20.2. The summed E-state index contributed by atoms with van der Waals surface area (Å²) in [7, 11) is 0. The summed E-state index contributed by atoms with van der Waals surface area (Å²) < 4.78 is 5.63. The van der Waals surface area contributed by atoms with Crippen LogP contribution in [0.4, 0.5) is 11.4 Å². The highest BCUT2D eigenvalue weighted by Gasteiger charge is 2.24. The number of carbonyl (C=O) groups excluding carboxylic acids is 2. The molecule has 0 bridgehead atoms. The average Bonchev–Trinajstić information content (AvgIpc) is 3.28. The Kier molecular flexibility index (Phi) is 5.86. The summed E-state index contributed by atoms with van der Waals surface area (Å²) >= 11 is 1.44. The Balaban J connectivity index is 1.52. The summed E-state index contributed by atoms with van der Waals surface area (Å²) in [5.41, 5.74) is 3.22. The maximum atomic E-state index is 12.9. The third-order valence-electron chi connectivity index (χ3n) is 4.93. The smallest absolute Gasteiger partial charge is 0.268 e. The van der Waals surface area contributed by atoms with E-state index in [9.17, 15) is 9.59 Å². The molecule has 0 radical (unpaired) electrons. The van der Waals surface area contributed by atoms with Crippen molar-refractivity contribution in [2.75, 3.05) is 16.8 Å². The van der Waals surface area contributed by atoms with Crippen molar-refractivity contribution < 1.29 is 14.3 Å². The van der Waals surface area contributed by atoms with Gasteiger partial charge in [-0.05, 0) is 80.1 Å². The zero-order chi connectivity index (χ0) is 21.1. The monoisotopic (exact) mass is 420 g/mol. The molecule has 0 atom stereocenters. The molecule has 154 valence electrons. The van der Waals surface area contributed by atoms with E-state index in [1.807, 2.05) is 54.5 Å². The number of hydrogen-bond acceptors (Lipinski definition) is 4. The molecule has 1 aromatic heterocycles. The largest absolute Gasteiger partial charge is 0.491 e. The van der Waals surface area contributed by atoms with Crippen molar-refractivity contribution >= 4 is 34.5 Å². The Hall–Kier alpha value is -3.12. The molecule has 30 heavy (non-hydrogen) atoms. The number of anilines is 2. The third kappa shape index (κ3) is 4.39. The van der Waals surface area contributed by atoms with Gasteiger partial charge in [0.15, 0.2) is 0 Å². The molecule has 2 aromatic carbocycles. The van der Waals surface area contributed by atoms with E-state index in [0.717, 1.165) is 34.7 Å².